The zero-order valence-corrected chi connectivity index (χ0v) is 29.8. The fourth-order valence-corrected chi connectivity index (χ4v) is 7.87. The predicted molar refractivity (Wildman–Crippen MR) is 177 cm³/mol. The van der Waals surface area contributed by atoms with Gasteiger partial charge in [-0.15, -0.1) is 0 Å². The molecule has 7 heteroatoms. The third-order valence-electron chi connectivity index (χ3n) is 9.28. The summed E-state index contributed by atoms with van der Waals surface area (Å²) in [5.41, 5.74) is 4.87. The molecule has 0 amide bonds. The zero-order chi connectivity index (χ0) is 31.5. The largest absolute Gasteiger partial charge is 0.333 e. The first kappa shape index (κ1) is 38.7. The van der Waals surface area contributed by atoms with E-state index < -0.39 is 0 Å². The highest BCUT2D eigenvalue weighted by Gasteiger charge is 2.48. The van der Waals surface area contributed by atoms with Crippen molar-refractivity contribution in [1.82, 2.24) is 20.8 Å². The van der Waals surface area contributed by atoms with Gasteiger partial charge in [0.05, 0.1) is 12.2 Å². The molecule has 2 aliphatic heterocycles. The Kier molecular flexibility index (Phi) is 16.3. The average Bonchev–Trinajstić information content (AvgIpc) is 2.89. The number of piperidine rings is 2. The van der Waals surface area contributed by atoms with E-state index in [4.69, 9.17) is 9.68 Å². The number of hydrogen-bond donors (Lipinski definition) is 3. The molecule has 3 aliphatic rings. The van der Waals surface area contributed by atoms with Crippen LogP contribution in [0.1, 0.15) is 153 Å². The van der Waals surface area contributed by atoms with E-state index in [0.717, 1.165) is 38.5 Å². The van der Waals surface area contributed by atoms with Gasteiger partial charge >= 0.3 is 0 Å². The molecule has 0 spiro atoms. The summed E-state index contributed by atoms with van der Waals surface area (Å²) in [4.78, 5) is 13.0. The van der Waals surface area contributed by atoms with Crippen LogP contribution in [0.3, 0.4) is 0 Å². The van der Waals surface area contributed by atoms with E-state index >= 15 is 0 Å². The van der Waals surface area contributed by atoms with Crippen molar-refractivity contribution in [2.45, 2.75) is 199 Å². The molecule has 0 unspecified atom stereocenters. The van der Waals surface area contributed by atoms with Gasteiger partial charge in [0, 0.05) is 34.2 Å². The standard InChI is InChI=1S/C17H36N2O.C16H32N2O.CH5N/c1-8-10-15(11-9-2)20-19-16(3,4)12-14(18-7)13-17(19,5)6;1-15(2)11-13(17-5)12-16(3,4)18(15)19-14-9-7-6-8-10-14;1-2/h14-15,18H,8-13H2,1-7H3;13-14,17H,6-12H2,1-5H3;2H2,1H3. The molecule has 0 bridgehead atoms. The fourth-order valence-electron chi connectivity index (χ4n) is 7.87. The lowest BCUT2D eigenvalue weighted by Gasteiger charge is -2.55. The Morgan fingerprint density at radius 1 is 0.659 bits per heavy atom. The third kappa shape index (κ3) is 11.6. The van der Waals surface area contributed by atoms with Gasteiger partial charge < -0.3 is 16.4 Å². The second-order valence-electron chi connectivity index (χ2n) is 15.3. The number of nitrogens with two attached hydrogens (primary N) is 1. The highest BCUT2D eigenvalue weighted by molar-refractivity contribution is 5.00. The van der Waals surface area contributed by atoms with Crippen molar-refractivity contribution in [3.8, 4) is 0 Å². The summed E-state index contributed by atoms with van der Waals surface area (Å²) in [6, 6.07) is 1.17. The molecule has 1 saturated carbocycles. The van der Waals surface area contributed by atoms with Crippen LogP contribution in [0.25, 0.3) is 0 Å². The number of hydroxylamine groups is 4. The Morgan fingerprint density at radius 2 is 1.02 bits per heavy atom. The van der Waals surface area contributed by atoms with Gasteiger partial charge in [-0.25, -0.2) is 0 Å². The van der Waals surface area contributed by atoms with Crippen LogP contribution in [-0.4, -0.2) is 77.7 Å². The normalized spacial score (nSPS) is 25.2. The molecule has 0 aromatic heterocycles. The smallest absolute Gasteiger partial charge is 0.0793 e. The Balaban J connectivity index is 0.000000387. The molecule has 4 N–H and O–H groups in total. The number of nitrogens with zero attached hydrogens (tertiary/aromatic N) is 2. The van der Waals surface area contributed by atoms with E-state index in [1.165, 1.54) is 52.0 Å². The van der Waals surface area contributed by atoms with Gasteiger partial charge in [0.25, 0.3) is 0 Å². The van der Waals surface area contributed by atoms with Crippen LogP contribution >= 0.6 is 0 Å². The van der Waals surface area contributed by atoms with E-state index in [1.807, 2.05) is 0 Å². The molecule has 41 heavy (non-hydrogen) atoms. The maximum atomic E-state index is 6.50. The molecule has 1 aliphatic carbocycles. The van der Waals surface area contributed by atoms with Crippen LogP contribution in [0.2, 0.25) is 0 Å². The minimum absolute atomic E-state index is 0.0785. The minimum atomic E-state index is 0.0785. The molecule has 2 saturated heterocycles. The zero-order valence-electron chi connectivity index (χ0n) is 29.8. The van der Waals surface area contributed by atoms with Gasteiger partial charge in [-0.2, -0.15) is 10.1 Å². The monoisotopic (exact) mass is 584 g/mol. The van der Waals surface area contributed by atoms with Gasteiger partial charge in [-0.3, -0.25) is 9.68 Å². The SMILES string of the molecule is CCCC(CCC)ON1C(C)(C)CC(NC)CC1(C)C.CN.CNC1CC(C)(C)N(OC2CCCCC2)C(C)(C)C1. The van der Waals surface area contributed by atoms with Crippen LogP contribution in [0, 0.1) is 0 Å². The van der Waals surface area contributed by atoms with Crippen molar-refractivity contribution in [3.05, 3.63) is 0 Å². The van der Waals surface area contributed by atoms with Gasteiger partial charge in [0.1, 0.15) is 0 Å². The molecule has 2 heterocycles. The summed E-state index contributed by atoms with van der Waals surface area (Å²) in [6.45, 7) is 23.0. The molecule has 0 aromatic carbocycles. The van der Waals surface area contributed by atoms with Crippen molar-refractivity contribution < 1.29 is 9.68 Å². The Labute approximate surface area is 256 Å². The second kappa shape index (κ2) is 17.3. The van der Waals surface area contributed by atoms with Gasteiger partial charge in [-0.05, 0) is 128 Å². The Bertz CT molecular complexity index is 663. The highest BCUT2D eigenvalue weighted by atomic mass is 16.7. The number of nitrogens with one attached hydrogen (secondary N) is 2. The first-order valence-corrected chi connectivity index (χ1v) is 17.0. The fraction of sp³-hybridized carbons (Fsp3) is 1.00. The molecule has 0 radical (unpaired) electrons. The van der Waals surface area contributed by atoms with Crippen molar-refractivity contribution in [3.63, 3.8) is 0 Å². The lowest BCUT2D eigenvalue weighted by atomic mass is 9.79. The van der Waals surface area contributed by atoms with Crippen LogP contribution in [0.5, 0.6) is 0 Å². The molecule has 0 atom stereocenters. The van der Waals surface area contributed by atoms with Crippen LogP contribution in [-0.2, 0) is 9.68 Å². The maximum Gasteiger partial charge on any atom is 0.0793 e. The van der Waals surface area contributed by atoms with Crippen molar-refractivity contribution in [2.24, 2.45) is 5.73 Å². The van der Waals surface area contributed by atoms with Crippen LogP contribution in [0.4, 0.5) is 0 Å². The molecule has 7 nitrogen and oxygen atoms in total. The van der Waals surface area contributed by atoms with E-state index in [2.05, 4.69) is 110 Å². The topological polar surface area (TPSA) is 75.0 Å². The third-order valence-corrected chi connectivity index (χ3v) is 9.28. The van der Waals surface area contributed by atoms with Crippen molar-refractivity contribution in [1.29, 1.82) is 0 Å². The number of rotatable bonds is 10. The Hall–Kier alpha value is -0.280. The second-order valence-corrected chi connectivity index (χ2v) is 15.3. The predicted octanol–water partition coefficient (Wildman–Crippen LogP) is 7.19. The molecular weight excluding hydrogens is 510 g/mol. The average molecular weight is 584 g/mol. The van der Waals surface area contributed by atoms with Gasteiger partial charge in [0.2, 0.25) is 0 Å². The number of hydrogen-bond acceptors (Lipinski definition) is 7. The van der Waals surface area contributed by atoms with Crippen molar-refractivity contribution >= 4 is 0 Å². The quantitative estimate of drug-likeness (QED) is 0.251. The molecule has 0 aromatic rings. The van der Waals surface area contributed by atoms with E-state index in [9.17, 15) is 0 Å². The van der Waals surface area contributed by atoms with Crippen LogP contribution in [0.15, 0.2) is 0 Å². The van der Waals surface area contributed by atoms with Crippen molar-refractivity contribution in [2.75, 3.05) is 21.1 Å². The van der Waals surface area contributed by atoms with Crippen LogP contribution < -0.4 is 16.4 Å². The summed E-state index contributed by atoms with van der Waals surface area (Å²) in [6.07, 6.45) is 16.6. The lowest BCUT2D eigenvalue weighted by molar-refractivity contribution is -0.310. The first-order valence-electron chi connectivity index (χ1n) is 17.0. The molecule has 3 rings (SSSR count). The summed E-state index contributed by atoms with van der Waals surface area (Å²) < 4.78 is 0. The summed E-state index contributed by atoms with van der Waals surface area (Å²) in [7, 11) is 5.65. The first-order chi connectivity index (χ1) is 19.1. The van der Waals surface area contributed by atoms with E-state index in [0.29, 0.717) is 24.3 Å². The summed E-state index contributed by atoms with van der Waals surface area (Å²) >= 11 is 0. The lowest BCUT2D eigenvalue weighted by Crippen LogP contribution is -2.64. The van der Waals surface area contributed by atoms with E-state index in [1.54, 1.807) is 0 Å². The van der Waals surface area contributed by atoms with E-state index in [-0.39, 0.29) is 22.2 Å². The maximum absolute atomic E-state index is 6.50. The minimum Gasteiger partial charge on any atom is -0.333 e. The molecular formula is C34H73N5O2. The van der Waals surface area contributed by atoms with Gasteiger partial charge in [-0.1, -0.05) is 46.0 Å². The molecule has 246 valence electrons. The highest BCUT2D eigenvalue weighted by Crippen LogP contribution is 2.41. The molecule has 3 fully saturated rings. The van der Waals surface area contributed by atoms with Gasteiger partial charge in [0.15, 0.2) is 0 Å². The Morgan fingerprint density at radius 3 is 1.37 bits per heavy atom. The summed E-state index contributed by atoms with van der Waals surface area (Å²) in [5, 5.41) is 11.5. The summed E-state index contributed by atoms with van der Waals surface area (Å²) in [5.74, 6) is 0.